The first-order valence-corrected chi connectivity index (χ1v) is 15.1. The third-order valence-electron chi connectivity index (χ3n) is 8.89. The molecule has 2 heterocycles. The minimum absolute atomic E-state index is 0.101. The van der Waals surface area contributed by atoms with Crippen molar-refractivity contribution in [2.24, 2.45) is 0 Å². The number of rotatable bonds is 9. The van der Waals surface area contributed by atoms with E-state index in [-0.39, 0.29) is 17.9 Å². The quantitative estimate of drug-likeness (QED) is 0.177. The number of nitrogens with zero attached hydrogens (tertiary/aromatic N) is 1. The molecule has 0 spiro atoms. The van der Waals surface area contributed by atoms with Crippen LogP contribution in [0.3, 0.4) is 0 Å². The van der Waals surface area contributed by atoms with Crippen LogP contribution in [0, 0.1) is 0 Å². The lowest BCUT2D eigenvalue weighted by Gasteiger charge is -2.38. The summed E-state index contributed by atoms with van der Waals surface area (Å²) in [7, 11) is 0. The van der Waals surface area contributed by atoms with E-state index in [1.54, 1.807) is 6.92 Å². The molecule has 2 aromatic heterocycles. The second kappa shape index (κ2) is 12.3. The number of alkyl carbamates (subject to hydrolysis) is 1. The van der Waals surface area contributed by atoms with Gasteiger partial charge in [-0.25, -0.2) is 4.79 Å². The number of pyridine rings is 1. The molecule has 2 amide bonds. The third-order valence-corrected chi connectivity index (χ3v) is 8.89. The molecular formula is C36H38N4O3. The molecule has 1 aliphatic carbocycles. The van der Waals surface area contributed by atoms with Gasteiger partial charge in [0.25, 0.3) is 0 Å². The van der Waals surface area contributed by atoms with Crippen molar-refractivity contribution in [3.8, 4) is 0 Å². The summed E-state index contributed by atoms with van der Waals surface area (Å²) in [4.78, 5) is 35.3. The molecule has 1 aliphatic rings. The van der Waals surface area contributed by atoms with Crippen molar-refractivity contribution in [1.29, 1.82) is 0 Å². The van der Waals surface area contributed by atoms with Gasteiger partial charge < -0.3 is 20.4 Å². The van der Waals surface area contributed by atoms with Gasteiger partial charge in [0.2, 0.25) is 5.91 Å². The number of nitrogens with one attached hydrogen (secondary N) is 3. The van der Waals surface area contributed by atoms with E-state index >= 15 is 0 Å². The zero-order chi connectivity index (χ0) is 29.7. The number of benzene rings is 3. The second-order valence-corrected chi connectivity index (χ2v) is 12.0. The summed E-state index contributed by atoms with van der Waals surface area (Å²) in [5, 5.41) is 9.40. The number of amides is 2. The van der Waals surface area contributed by atoms with Gasteiger partial charge in [0.1, 0.15) is 12.1 Å². The topological polar surface area (TPSA) is 96.1 Å². The van der Waals surface area contributed by atoms with Gasteiger partial charge in [-0.3, -0.25) is 9.78 Å². The lowest BCUT2D eigenvalue weighted by atomic mass is 9.71. The lowest BCUT2D eigenvalue weighted by molar-refractivity contribution is -0.127. The summed E-state index contributed by atoms with van der Waals surface area (Å²) in [6, 6.07) is 28.0. The first kappa shape index (κ1) is 28.5. The zero-order valence-corrected chi connectivity index (χ0v) is 24.6. The number of fused-ring (bicyclic) bond motifs is 2. The molecule has 0 radical (unpaired) electrons. The Bertz CT molecular complexity index is 1720. The average Bonchev–Trinajstić information content (AvgIpc) is 3.45. The number of aromatic amines is 1. The molecule has 3 aromatic carbocycles. The molecule has 7 nitrogen and oxygen atoms in total. The Morgan fingerprint density at radius 3 is 2.51 bits per heavy atom. The van der Waals surface area contributed by atoms with Crippen LogP contribution in [-0.4, -0.2) is 34.1 Å². The second-order valence-electron chi connectivity index (χ2n) is 12.0. The number of aromatic nitrogens is 2. The first-order valence-electron chi connectivity index (χ1n) is 15.1. The Morgan fingerprint density at radius 2 is 1.70 bits per heavy atom. The van der Waals surface area contributed by atoms with Crippen LogP contribution in [0.2, 0.25) is 0 Å². The molecular weight excluding hydrogens is 536 g/mol. The van der Waals surface area contributed by atoms with Crippen molar-refractivity contribution in [1.82, 2.24) is 20.6 Å². The van der Waals surface area contributed by atoms with Crippen molar-refractivity contribution in [2.45, 2.75) is 63.0 Å². The minimum Gasteiger partial charge on any atom is -0.445 e. The molecule has 6 rings (SSSR count). The van der Waals surface area contributed by atoms with E-state index in [2.05, 4.69) is 26.7 Å². The SMILES string of the molecule is C[C@@](Cc1c[nH]c2ccccc12)(NC(=O)OCc1ccc2ccccc2c1)C(=O)NCC1(c2ccccn2)CCCCC1. The molecule has 220 valence electrons. The van der Waals surface area contributed by atoms with Gasteiger partial charge in [-0.15, -0.1) is 0 Å². The van der Waals surface area contributed by atoms with Gasteiger partial charge in [-0.2, -0.15) is 0 Å². The molecule has 3 N–H and O–H groups in total. The van der Waals surface area contributed by atoms with E-state index in [4.69, 9.17) is 4.74 Å². The van der Waals surface area contributed by atoms with Gasteiger partial charge in [0.15, 0.2) is 0 Å². The van der Waals surface area contributed by atoms with Crippen molar-refractivity contribution in [3.63, 3.8) is 0 Å². The molecule has 0 bridgehead atoms. The smallest absolute Gasteiger partial charge is 0.408 e. The summed E-state index contributed by atoms with van der Waals surface area (Å²) in [5.74, 6) is -0.249. The average molecular weight is 575 g/mol. The Balaban J connectivity index is 1.21. The maximum atomic E-state index is 14.1. The fourth-order valence-electron chi connectivity index (χ4n) is 6.45. The van der Waals surface area contributed by atoms with Crippen molar-refractivity contribution < 1.29 is 14.3 Å². The van der Waals surface area contributed by atoms with Gasteiger partial charge in [-0.1, -0.05) is 79.9 Å². The number of para-hydroxylation sites is 1. The number of hydrogen-bond donors (Lipinski definition) is 3. The fourth-order valence-corrected chi connectivity index (χ4v) is 6.45. The predicted octanol–water partition coefficient (Wildman–Crippen LogP) is 6.96. The highest BCUT2D eigenvalue weighted by Crippen LogP contribution is 2.38. The molecule has 1 saturated carbocycles. The van der Waals surface area contributed by atoms with E-state index in [0.29, 0.717) is 13.0 Å². The highest BCUT2D eigenvalue weighted by atomic mass is 16.5. The number of hydrogen-bond acceptors (Lipinski definition) is 4. The van der Waals surface area contributed by atoms with Gasteiger partial charge >= 0.3 is 6.09 Å². The first-order chi connectivity index (χ1) is 20.9. The van der Waals surface area contributed by atoms with Gasteiger partial charge in [0.05, 0.1) is 0 Å². The Hall–Kier alpha value is -4.65. The molecule has 0 aliphatic heterocycles. The van der Waals surface area contributed by atoms with Crippen molar-refractivity contribution >= 4 is 33.7 Å². The summed E-state index contributed by atoms with van der Waals surface area (Å²) < 4.78 is 5.67. The predicted molar refractivity (Wildman–Crippen MR) is 170 cm³/mol. The number of carbonyl (C=O) groups is 2. The molecule has 1 atom stereocenters. The highest BCUT2D eigenvalue weighted by Gasteiger charge is 2.40. The number of H-pyrrole nitrogens is 1. The number of ether oxygens (including phenoxy) is 1. The lowest BCUT2D eigenvalue weighted by Crippen LogP contribution is -2.59. The number of carbonyl (C=O) groups excluding carboxylic acids is 2. The normalized spacial score (nSPS) is 15.9. The molecule has 5 aromatic rings. The Morgan fingerprint density at radius 1 is 0.930 bits per heavy atom. The van der Waals surface area contributed by atoms with Gasteiger partial charge in [-0.05, 0) is 65.9 Å². The molecule has 43 heavy (non-hydrogen) atoms. The van der Waals surface area contributed by atoms with Crippen LogP contribution in [-0.2, 0) is 28.0 Å². The van der Waals surface area contributed by atoms with Crippen LogP contribution in [0.4, 0.5) is 4.79 Å². The van der Waals surface area contributed by atoms with Crippen molar-refractivity contribution in [3.05, 3.63) is 114 Å². The standard InChI is InChI=1S/C36H38N4O3/c1-35(22-29-23-38-31-14-6-5-13-30(29)31,40-34(42)43-24-26-16-17-27-11-3-4-12-28(27)21-26)33(41)39-25-36(18-8-2-9-19-36)32-15-7-10-20-37-32/h3-7,10-17,20-21,23,38H,2,8-9,18-19,22,24-25H2,1H3,(H,39,41)(H,40,42)/t35-/m0/s1. The monoisotopic (exact) mass is 574 g/mol. The Labute approximate surface area is 252 Å². The highest BCUT2D eigenvalue weighted by molar-refractivity contribution is 5.91. The molecule has 0 unspecified atom stereocenters. The van der Waals surface area contributed by atoms with Crippen LogP contribution in [0.25, 0.3) is 21.7 Å². The van der Waals surface area contributed by atoms with Crippen LogP contribution in [0.1, 0.15) is 55.8 Å². The van der Waals surface area contributed by atoms with E-state index in [9.17, 15) is 9.59 Å². The van der Waals surface area contributed by atoms with Gasteiger partial charge in [0, 0.05) is 47.4 Å². The minimum atomic E-state index is -1.26. The van der Waals surface area contributed by atoms with E-state index in [0.717, 1.165) is 64.2 Å². The molecule has 0 saturated heterocycles. The Kier molecular flexibility index (Phi) is 8.14. The maximum absolute atomic E-state index is 14.1. The summed E-state index contributed by atoms with van der Waals surface area (Å²) >= 11 is 0. The largest absolute Gasteiger partial charge is 0.445 e. The summed E-state index contributed by atoms with van der Waals surface area (Å²) in [6.45, 7) is 2.33. The van der Waals surface area contributed by atoms with Crippen LogP contribution < -0.4 is 10.6 Å². The van der Waals surface area contributed by atoms with E-state index < -0.39 is 11.6 Å². The van der Waals surface area contributed by atoms with E-state index in [1.165, 1.54) is 6.42 Å². The van der Waals surface area contributed by atoms with Crippen LogP contribution in [0.15, 0.2) is 97.3 Å². The van der Waals surface area contributed by atoms with Crippen LogP contribution in [0.5, 0.6) is 0 Å². The molecule has 7 heteroatoms. The fraction of sp³-hybridized carbons (Fsp3) is 0.306. The maximum Gasteiger partial charge on any atom is 0.408 e. The molecule has 1 fully saturated rings. The summed E-state index contributed by atoms with van der Waals surface area (Å²) in [6.07, 6.45) is 8.70. The van der Waals surface area contributed by atoms with E-state index in [1.807, 2.05) is 91.3 Å². The van der Waals surface area contributed by atoms with Crippen molar-refractivity contribution in [2.75, 3.05) is 6.54 Å². The summed E-state index contributed by atoms with van der Waals surface area (Å²) in [5.41, 5.74) is 2.33. The zero-order valence-electron chi connectivity index (χ0n) is 24.6. The van der Waals surface area contributed by atoms with Crippen LogP contribution >= 0.6 is 0 Å². The third kappa shape index (κ3) is 6.26.